The van der Waals surface area contributed by atoms with E-state index in [-0.39, 0.29) is 5.91 Å². The van der Waals surface area contributed by atoms with Gasteiger partial charge in [-0.25, -0.2) is 4.68 Å². The second kappa shape index (κ2) is 6.96. The maximum atomic E-state index is 12.1. The van der Waals surface area contributed by atoms with Crippen LogP contribution < -0.4 is 10.1 Å². The molecule has 0 radical (unpaired) electrons. The van der Waals surface area contributed by atoms with Crippen molar-refractivity contribution in [1.29, 1.82) is 0 Å². The molecule has 0 saturated heterocycles. The first-order valence-corrected chi connectivity index (χ1v) is 8.01. The van der Waals surface area contributed by atoms with Crippen molar-refractivity contribution in [1.82, 2.24) is 15.1 Å². The number of hydrogen-bond donors (Lipinski definition) is 1. The lowest BCUT2D eigenvalue weighted by molar-refractivity contribution is -0.134. The molecule has 1 amide bonds. The molecule has 6 heteroatoms. The summed E-state index contributed by atoms with van der Waals surface area (Å²) in [5.41, 5.74) is -0.0700. The molecule has 0 aliphatic heterocycles. The summed E-state index contributed by atoms with van der Waals surface area (Å²) >= 11 is 3.43. The van der Waals surface area contributed by atoms with E-state index in [4.69, 9.17) is 4.74 Å². The molecule has 0 bridgehead atoms. The molecule has 22 heavy (non-hydrogen) atoms. The highest BCUT2D eigenvalue weighted by atomic mass is 79.9. The topological polar surface area (TPSA) is 56.1 Å². The van der Waals surface area contributed by atoms with Crippen molar-refractivity contribution < 1.29 is 9.53 Å². The number of carbonyl (C=O) groups is 1. The fourth-order valence-corrected chi connectivity index (χ4v) is 2.21. The molecular weight excluding hydrogens is 346 g/mol. The van der Waals surface area contributed by atoms with E-state index < -0.39 is 5.60 Å². The maximum Gasteiger partial charge on any atom is 0.263 e. The summed E-state index contributed by atoms with van der Waals surface area (Å²) in [5, 5.41) is 7.23. The lowest BCUT2D eigenvalue weighted by Crippen LogP contribution is -2.46. The van der Waals surface area contributed by atoms with Gasteiger partial charge in [-0.05, 0) is 48.3 Å². The Kier molecular flexibility index (Phi) is 5.24. The Balaban J connectivity index is 2.16. The zero-order valence-corrected chi connectivity index (χ0v) is 14.6. The molecule has 0 aliphatic rings. The van der Waals surface area contributed by atoms with Gasteiger partial charge in [0.1, 0.15) is 0 Å². The molecule has 2 rings (SSSR count). The molecule has 2 aromatic rings. The summed E-state index contributed by atoms with van der Waals surface area (Å²) in [4.78, 5) is 12.1. The maximum absolute atomic E-state index is 12.1. The van der Waals surface area contributed by atoms with Crippen molar-refractivity contribution in [2.24, 2.45) is 0 Å². The van der Waals surface area contributed by atoms with Crippen LogP contribution in [-0.2, 0) is 4.79 Å². The zero-order chi connectivity index (χ0) is 16.2. The number of halogens is 1. The minimum atomic E-state index is -0.992. The molecule has 1 N–H and O–H groups in total. The van der Waals surface area contributed by atoms with Gasteiger partial charge < -0.3 is 10.1 Å². The third kappa shape index (κ3) is 3.88. The van der Waals surface area contributed by atoms with Gasteiger partial charge in [-0.15, -0.1) is 5.10 Å². The largest absolute Gasteiger partial charge is 0.460 e. The van der Waals surface area contributed by atoms with Crippen molar-refractivity contribution in [2.75, 3.05) is 6.54 Å². The molecule has 118 valence electrons. The SMILES string of the molecule is CCCNC(=O)C(C)(C)Oc1nn(-c2ccccc2)cc1Br. The average Bonchev–Trinajstić information content (AvgIpc) is 2.86. The van der Waals surface area contributed by atoms with E-state index in [0.717, 1.165) is 12.1 Å². The van der Waals surface area contributed by atoms with Gasteiger partial charge in [-0.1, -0.05) is 25.1 Å². The van der Waals surface area contributed by atoms with Crippen LogP contribution in [0.25, 0.3) is 5.69 Å². The van der Waals surface area contributed by atoms with Crippen molar-refractivity contribution >= 4 is 21.8 Å². The minimum absolute atomic E-state index is 0.157. The predicted molar refractivity (Wildman–Crippen MR) is 89.3 cm³/mol. The van der Waals surface area contributed by atoms with Gasteiger partial charge in [0.2, 0.25) is 5.88 Å². The minimum Gasteiger partial charge on any atom is -0.460 e. The average molecular weight is 366 g/mol. The Hall–Kier alpha value is -1.82. The summed E-state index contributed by atoms with van der Waals surface area (Å²) in [6.07, 6.45) is 2.69. The van der Waals surface area contributed by atoms with Gasteiger partial charge in [-0.3, -0.25) is 4.79 Å². The number of carbonyl (C=O) groups excluding carboxylic acids is 1. The number of aromatic nitrogens is 2. The Morgan fingerprint density at radius 2 is 2.05 bits per heavy atom. The summed E-state index contributed by atoms with van der Waals surface area (Å²) in [6, 6.07) is 9.71. The van der Waals surface area contributed by atoms with Crippen molar-refractivity contribution in [3.05, 3.63) is 41.0 Å². The van der Waals surface area contributed by atoms with Crippen LogP contribution in [0.15, 0.2) is 41.0 Å². The first kappa shape index (κ1) is 16.5. The van der Waals surface area contributed by atoms with Gasteiger partial charge >= 0.3 is 0 Å². The van der Waals surface area contributed by atoms with Crippen molar-refractivity contribution in [2.45, 2.75) is 32.8 Å². The number of ether oxygens (including phenoxy) is 1. The summed E-state index contributed by atoms with van der Waals surface area (Å²) in [5.74, 6) is 0.232. The normalized spacial score (nSPS) is 11.3. The second-order valence-corrected chi connectivity index (χ2v) is 6.28. The Morgan fingerprint density at radius 3 is 2.68 bits per heavy atom. The van der Waals surface area contributed by atoms with Crippen LogP contribution in [0.4, 0.5) is 0 Å². The molecule has 0 saturated carbocycles. The highest BCUT2D eigenvalue weighted by molar-refractivity contribution is 9.10. The van der Waals surface area contributed by atoms with Crippen molar-refractivity contribution in [3.63, 3.8) is 0 Å². The molecule has 0 unspecified atom stereocenters. The quantitative estimate of drug-likeness (QED) is 0.853. The van der Waals surface area contributed by atoms with Crippen LogP contribution in [-0.4, -0.2) is 27.8 Å². The lowest BCUT2D eigenvalue weighted by Gasteiger charge is -2.24. The van der Waals surface area contributed by atoms with Gasteiger partial charge in [0.25, 0.3) is 5.91 Å². The van der Waals surface area contributed by atoms with Crippen LogP contribution in [0.3, 0.4) is 0 Å². The summed E-state index contributed by atoms with van der Waals surface area (Å²) in [6.45, 7) is 6.09. The number of amides is 1. The van der Waals surface area contributed by atoms with E-state index in [2.05, 4.69) is 26.3 Å². The van der Waals surface area contributed by atoms with Gasteiger partial charge in [0.15, 0.2) is 5.60 Å². The molecule has 0 spiro atoms. The van der Waals surface area contributed by atoms with E-state index >= 15 is 0 Å². The molecule has 0 fully saturated rings. The monoisotopic (exact) mass is 365 g/mol. The summed E-state index contributed by atoms with van der Waals surface area (Å²) in [7, 11) is 0. The molecule has 1 heterocycles. The van der Waals surface area contributed by atoms with Gasteiger partial charge in [-0.2, -0.15) is 0 Å². The Bertz CT molecular complexity index is 638. The number of benzene rings is 1. The molecule has 0 atom stereocenters. The fraction of sp³-hybridized carbons (Fsp3) is 0.375. The molecular formula is C16H20BrN3O2. The highest BCUT2D eigenvalue weighted by Gasteiger charge is 2.31. The van der Waals surface area contributed by atoms with E-state index in [0.29, 0.717) is 16.9 Å². The first-order valence-electron chi connectivity index (χ1n) is 7.22. The number of rotatable bonds is 6. The number of hydrogen-bond acceptors (Lipinski definition) is 3. The van der Waals surface area contributed by atoms with E-state index in [1.54, 1.807) is 18.5 Å². The molecule has 5 nitrogen and oxygen atoms in total. The first-order chi connectivity index (χ1) is 10.4. The third-order valence-corrected chi connectivity index (χ3v) is 3.64. The second-order valence-electron chi connectivity index (χ2n) is 5.43. The zero-order valence-electron chi connectivity index (χ0n) is 13.0. The van der Waals surface area contributed by atoms with Crippen LogP contribution in [0.2, 0.25) is 0 Å². The Labute approximate surface area is 138 Å². The van der Waals surface area contributed by atoms with Gasteiger partial charge in [0.05, 0.1) is 10.2 Å². The summed E-state index contributed by atoms with van der Waals surface area (Å²) < 4.78 is 8.21. The number of nitrogens with zero attached hydrogens (tertiary/aromatic N) is 2. The molecule has 0 aliphatic carbocycles. The van der Waals surface area contributed by atoms with E-state index in [1.165, 1.54) is 0 Å². The standard InChI is InChI=1S/C16H20BrN3O2/c1-4-10-18-15(21)16(2,3)22-14-13(17)11-20(19-14)12-8-6-5-7-9-12/h5-9,11H,4,10H2,1-3H3,(H,18,21). The number of para-hydroxylation sites is 1. The van der Waals surface area contributed by atoms with Crippen LogP contribution in [0.1, 0.15) is 27.2 Å². The van der Waals surface area contributed by atoms with Crippen LogP contribution in [0.5, 0.6) is 5.88 Å². The smallest absolute Gasteiger partial charge is 0.263 e. The van der Waals surface area contributed by atoms with Crippen LogP contribution >= 0.6 is 15.9 Å². The van der Waals surface area contributed by atoms with E-state index in [9.17, 15) is 4.79 Å². The molecule has 1 aromatic heterocycles. The predicted octanol–water partition coefficient (Wildman–Crippen LogP) is 3.32. The van der Waals surface area contributed by atoms with Crippen molar-refractivity contribution in [3.8, 4) is 11.6 Å². The van der Waals surface area contributed by atoms with Crippen LogP contribution in [0, 0.1) is 0 Å². The highest BCUT2D eigenvalue weighted by Crippen LogP contribution is 2.28. The fourth-order valence-electron chi connectivity index (χ4n) is 1.86. The lowest BCUT2D eigenvalue weighted by atomic mass is 10.1. The number of nitrogens with one attached hydrogen (secondary N) is 1. The molecule has 1 aromatic carbocycles. The van der Waals surface area contributed by atoms with E-state index in [1.807, 2.05) is 43.5 Å². The Morgan fingerprint density at radius 1 is 1.36 bits per heavy atom. The van der Waals surface area contributed by atoms with Gasteiger partial charge in [0, 0.05) is 12.7 Å². The third-order valence-electron chi connectivity index (χ3n) is 3.09.